The monoisotopic (exact) mass is 187 g/mol. The summed E-state index contributed by atoms with van der Waals surface area (Å²) in [4.78, 5) is 0. The molecule has 0 aromatic heterocycles. The molecule has 2 heteroatoms. The highest BCUT2D eigenvalue weighted by Gasteiger charge is 2.19. The van der Waals surface area contributed by atoms with E-state index in [1.807, 2.05) is 0 Å². The molecule has 0 unspecified atom stereocenters. The lowest BCUT2D eigenvalue weighted by atomic mass is 9.81. The minimum Gasteiger partial charge on any atom is -0.314 e. The van der Waals surface area contributed by atoms with E-state index in [4.69, 9.17) is 0 Å². The molecule has 1 saturated carbocycles. The third kappa shape index (κ3) is 4.08. The average Bonchev–Trinajstić information content (AvgIpc) is 2.19. The predicted molar refractivity (Wildman–Crippen MR) is 54.6 cm³/mol. The fraction of sp³-hybridized carbons (Fsp3) is 1.00. The molecule has 0 saturated heterocycles. The number of halogens is 1. The van der Waals surface area contributed by atoms with E-state index in [0.29, 0.717) is 6.54 Å². The molecule has 0 aromatic carbocycles. The van der Waals surface area contributed by atoms with Gasteiger partial charge in [0, 0.05) is 6.54 Å². The van der Waals surface area contributed by atoms with E-state index in [1.54, 1.807) is 0 Å². The highest BCUT2D eigenvalue weighted by Crippen LogP contribution is 2.29. The van der Waals surface area contributed by atoms with Crippen molar-refractivity contribution < 1.29 is 4.39 Å². The van der Waals surface area contributed by atoms with Crippen molar-refractivity contribution in [2.75, 3.05) is 19.8 Å². The van der Waals surface area contributed by atoms with Crippen LogP contribution in [0.25, 0.3) is 0 Å². The van der Waals surface area contributed by atoms with Crippen LogP contribution in [0.4, 0.5) is 4.39 Å². The number of alkyl halides is 1. The fourth-order valence-corrected chi connectivity index (χ4v) is 2.22. The van der Waals surface area contributed by atoms with Gasteiger partial charge < -0.3 is 5.32 Å². The Hall–Kier alpha value is -0.110. The van der Waals surface area contributed by atoms with Gasteiger partial charge in [-0.05, 0) is 31.2 Å². The van der Waals surface area contributed by atoms with Crippen LogP contribution in [-0.2, 0) is 0 Å². The SMILES string of the molecule is CCC1CCC(CNCCF)CC1. The maximum absolute atomic E-state index is 11.8. The summed E-state index contributed by atoms with van der Waals surface area (Å²) in [5, 5.41) is 3.16. The van der Waals surface area contributed by atoms with Crippen molar-refractivity contribution in [1.29, 1.82) is 0 Å². The van der Waals surface area contributed by atoms with Crippen LogP contribution in [0.3, 0.4) is 0 Å². The molecule has 0 bridgehead atoms. The summed E-state index contributed by atoms with van der Waals surface area (Å²) in [6.45, 7) is 3.62. The van der Waals surface area contributed by atoms with Crippen LogP contribution in [-0.4, -0.2) is 19.8 Å². The van der Waals surface area contributed by atoms with Gasteiger partial charge in [0.25, 0.3) is 0 Å². The number of rotatable bonds is 5. The molecule has 0 heterocycles. The van der Waals surface area contributed by atoms with Gasteiger partial charge in [-0.3, -0.25) is 0 Å². The lowest BCUT2D eigenvalue weighted by molar-refractivity contribution is 0.261. The second kappa shape index (κ2) is 6.36. The maximum atomic E-state index is 11.8. The normalized spacial score (nSPS) is 29.1. The van der Waals surface area contributed by atoms with Crippen LogP contribution in [0.1, 0.15) is 39.0 Å². The van der Waals surface area contributed by atoms with E-state index >= 15 is 0 Å². The van der Waals surface area contributed by atoms with Crippen molar-refractivity contribution >= 4 is 0 Å². The Kier molecular flexibility index (Phi) is 5.37. The van der Waals surface area contributed by atoms with Gasteiger partial charge in [0.05, 0.1) is 0 Å². The quantitative estimate of drug-likeness (QED) is 0.653. The van der Waals surface area contributed by atoms with Gasteiger partial charge in [-0.2, -0.15) is 0 Å². The summed E-state index contributed by atoms with van der Waals surface area (Å²) in [6, 6.07) is 0. The van der Waals surface area contributed by atoms with E-state index in [0.717, 1.165) is 18.4 Å². The van der Waals surface area contributed by atoms with E-state index in [1.165, 1.54) is 32.1 Å². The molecule has 0 spiro atoms. The number of hydrogen-bond acceptors (Lipinski definition) is 1. The molecule has 1 N–H and O–H groups in total. The van der Waals surface area contributed by atoms with E-state index < -0.39 is 0 Å². The van der Waals surface area contributed by atoms with Gasteiger partial charge in [-0.25, -0.2) is 4.39 Å². The van der Waals surface area contributed by atoms with E-state index in [9.17, 15) is 4.39 Å². The second-order valence-corrected chi connectivity index (χ2v) is 4.19. The molecule has 1 aliphatic carbocycles. The standard InChI is InChI=1S/C11H22FN/c1-2-10-3-5-11(6-4-10)9-13-8-7-12/h10-11,13H,2-9H2,1H3. The highest BCUT2D eigenvalue weighted by molar-refractivity contribution is 4.73. The maximum Gasteiger partial charge on any atom is 0.102 e. The Morgan fingerprint density at radius 2 is 1.77 bits per heavy atom. The zero-order valence-electron chi connectivity index (χ0n) is 8.69. The lowest BCUT2D eigenvalue weighted by Gasteiger charge is -2.27. The van der Waals surface area contributed by atoms with Crippen molar-refractivity contribution in [3.05, 3.63) is 0 Å². The molecule has 0 aliphatic heterocycles. The first-order chi connectivity index (χ1) is 6.36. The van der Waals surface area contributed by atoms with Gasteiger partial charge in [-0.15, -0.1) is 0 Å². The van der Waals surface area contributed by atoms with E-state index in [-0.39, 0.29) is 6.67 Å². The largest absolute Gasteiger partial charge is 0.314 e. The highest BCUT2D eigenvalue weighted by atomic mass is 19.1. The first kappa shape index (κ1) is 11.0. The molecule has 0 amide bonds. The van der Waals surface area contributed by atoms with Crippen molar-refractivity contribution in [1.82, 2.24) is 5.32 Å². The Morgan fingerprint density at radius 3 is 2.31 bits per heavy atom. The van der Waals surface area contributed by atoms with Crippen LogP contribution in [0, 0.1) is 11.8 Å². The minimum absolute atomic E-state index is 0.232. The molecule has 0 atom stereocenters. The van der Waals surface area contributed by atoms with Crippen LogP contribution in [0.15, 0.2) is 0 Å². The molecule has 0 radical (unpaired) electrons. The van der Waals surface area contributed by atoms with Gasteiger partial charge in [-0.1, -0.05) is 26.2 Å². The van der Waals surface area contributed by atoms with Gasteiger partial charge >= 0.3 is 0 Å². The van der Waals surface area contributed by atoms with Gasteiger partial charge in [0.2, 0.25) is 0 Å². The third-order valence-corrected chi connectivity index (χ3v) is 3.25. The van der Waals surface area contributed by atoms with Crippen LogP contribution in [0.5, 0.6) is 0 Å². The van der Waals surface area contributed by atoms with Crippen molar-refractivity contribution in [2.24, 2.45) is 11.8 Å². The predicted octanol–water partition coefficient (Wildman–Crippen LogP) is 2.76. The molecule has 13 heavy (non-hydrogen) atoms. The summed E-state index contributed by atoms with van der Waals surface area (Å²) >= 11 is 0. The Balaban J connectivity index is 2.03. The first-order valence-corrected chi connectivity index (χ1v) is 5.63. The summed E-state index contributed by atoms with van der Waals surface area (Å²) < 4.78 is 11.8. The number of nitrogens with one attached hydrogen (secondary N) is 1. The molecule has 1 rings (SSSR count). The topological polar surface area (TPSA) is 12.0 Å². The van der Waals surface area contributed by atoms with Gasteiger partial charge in [0.1, 0.15) is 6.67 Å². The molecule has 78 valence electrons. The Labute approximate surface area is 81.1 Å². The molecular weight excluding hydrogens is 165 g/mol. The smallest absolute Gasteiger partial charge is 0.102 e. The Bertz CT molecular complexity index is 117. The van der Waals surface area contributed by atoms with E-state index in [2.05, 4.69) is 12.2 Å². The molecule has 1 fully saturated rings. The second-order valence-electron chi connectivity index (χ2n) is 4.19. The lowest BCUT2D eigenvalue weighted by Crippen LogP contribution is -2.27. The average molecular weight is 187 g/mol. The fourth-order valence-electron chi connectivity index (χ4n) is 2.22. The molecule has 1 nitrogen and oxygen atoms in total. The zero-order valence-corrected chi connectivity index (χ0v) is 8.69. The van der Waals surface area contributed by atoms with Crippen molar-refractivity contribution in [3.63, 3.8) is 0 Å². The van der Waals surface area contributed by atoms with Crippen LogP contribution >= 0.6 is 0 Å². The van der Waals surface area contributed by atoms with Crippen LogP contribution < -0.4 is 5.32 Å². The summed E-state index contributed by atoms with van der Waals surface area (Å²) in [7, 11) is 0. The first-order valence-electron chi connectivity index (χ1n) is 5.63. The van der Waals surface area contributed by atoms with Crippen LogP contribution in [0.2, 0.25) is 0 Å². The van der Waals surface area contributed by atoms with Crippen molar-refractivity contribution in [2.45, 2.75) is 39.0 Å². The molecular formula is C11H22FN. The molecule has 0 aromatic rings. The summed E-state index contributed by atoms with van der Waals surface area (Å²) in [6.07, 6.45) is 6.80. The minimum atomic E-state index is -0.232. The third-order valence-electron chi connectivity index (χ3n) is 3.25. The van der Waals surface area contributed by atoms with Gasteiger partial charge in [0.15, 0.2) is 0 Å². The Morgan fingerprint density at radius 1 is 1.15 bits per heavy atom. The molecule has 1 aliphatic rings. The summed E-state index contributed by atoms with van der Waals surface area (Å²) in [5.41, 5.74) is 0. The number of hydrogen-bond donors (Lipinski definition) is 1. The van der Waals surface area contributed by atoms with Crippen molar-refractivity contribution in [3.8, 4) is 0 Å². The zero-order chi connectivity index (χ0) is 9.52. The summed E-state index contributed by atoms with van der Waals surface area (Å²) in [5.74, 6) is 1.78.